The Balaban J connectivity index is 0.000000606. The van der Waals surface area contributed by atoms with Crippen LogP contribution in [0.1, 0.15) is 26.5 Å². The monoisotopic (exact) mass is 285 g/mol. The highest BCUT2D eigenvalue weighted by Gasteiger charge is 2.08. The summed E-state index contributed by atoms with van der Waals surface area (Å²) in [6.07, 6.45) is 3.79. The fourth-order valence-corrected chi connectivity index (χ4v) is 1.68. The van der Waals surface area contributed by atoms with Gasteiger partial charge in [-0.25, -0.2) is 9.97 Å². The van der Waals surface area contributed by atoms with Gasteiger partial charge in [-0.05, 0) is 29.8 Å². The highest BCUT2D eigenvalue weighted by molar-refractivity contribution is 9.10. The Morgan fingerprint density at radius 1 is 1.31 bits per heavy atom. The lowest BCUT2D eigenvalue weighted by Crippen LogP contribution is -1.98. The number of halogens is 1. The highest BCUT2D eigenvalue weighted by Crippen LogP contribution is 2.19. The molecule has 0 spiro atoms. The Morgan fingerprint density at radius 3 is 2.62 bits per heavy atom. The lowest BCUT2D eigenvalue weighted by atomic mass is 10.6. The minimum absolute atomic E-state index is 0.565. The van der Waals surface area contributed by atoms with Crippen LogP contribution in [0.15, 0.2) is 17.0 Å². The van der Waals surface area contributed by atoms with Crippen molar-refractivity contribution in [1.82, 2.24) is 14.4 Å². The van der Waals surface area contributed by atoms with Crippen LogP contribution < -0.4 is 4.74 Å². The molecule has 2 aromatic heterocycles. The second-order valence-electron chi connectivity index (χ2n) is 2.91. The highest BCUT2D eigenvalue weighted by atomic mass is 79.9. The summed E-state index contributed by atoms with van der Waals surface area (Å²) in [5, 5.41) is 0. The molecule has 0 atom stereocenters. The van der Waals surface area contributed by atoms with Crippen molar-refractivity contribution >= 4 is 21.6 Å². The molecule has 4 nitrogen and oxygen atoms in total. The molecule has 0 N–H and O–H groups in total. The van der Waals surface area contributed by atoms with Crippen molar-refractivity contribution in [2.75, 3.05) is 6.61 Å². The van der Waals surface area contributed by atoms with Gasteiger partial charge in [0, 0.05) is 12.4 Å². The predicted octanol–water partition coefficient (Wildman–Crippen LogP) is 3.23. The molecule has 2 rings (SSSR count). The van der Waals surface area contributed by atoms with E-state index >= 15 is 0 Å². The number of aromatic nitrogens is 3. The van der Waals surface area contributed by atoms with Crippen LogP contribution in [0.5, 0.6) is 5.88 Å². The number of hydrogen-bond donors (Lipinski definition) is 0. The van der Waals surface area contributed by atoms with Gasteiger partial charge in [-0.2, -0.15) is 0 Å². The maximum atomic E-state index is 5.39. The number of ether oxygens (including phenoxy) is 1. The Kier molecular flexibility index (Phi) is 4.73. The lowest BCUT2D eigenvalue weighted by molar-refractivity contribution is 0.328. The molecule has 0 aliphatic rings. The smallest absolute Gasteiger partial charge is 0.259 e. The zero-order valence-corrected chi connectivity index (χ0v) is 11.6. The number of imidazole rings is 1. The van der Waals surface area contributed by atoms with Crippen LogP contribution >= 0.6 is 15.9 Å². The van der Waals surface area contributed by atoms with E-state index in [1.54, 1.807) is 0 Å². The van der Waals surface area contributed by atoms with E-state index in [9.17, 15) is 0 Å². The molecule has 0 bridgehead atoms. The van der Waals surface area contributed by atoms with Gasteiger partial charge in [-0.15, -0.1) is 0 Å². The van der Waals surface area contributed by atoms with Gasteiger partial charge in [-0.1, -0.05) is 13.8 Å². The molecule has 88 valence electrons. The first-order valence-corrected chi connectivity index (χ1v) is 6.14. The maximum absolute atomic E-state index is 5.39. The zero-order valence-electron chi connectivity index (χ0n) is 9.99. The summed E-state index contributed by atoms with van der Waals surface area (Å²) in [7, 11) is 0. The van der Waals surface area contributed by atoms with E-state index in [-0.39, 0.29) is 0 Å². The van der Waals surface area contributed by atoms with Gasteiger partial charge in [0.05, 0.1) is 12.3 Å². The van der Waals surface area contributed by atoms with Crippen molar-refractivity contribution < 1.29 is 4.74 Å². The number of nitrogens with zero attached hydrogens (tertiary/aromatic N) is 3. The maximum Gasteiger partial charge on any atom is 0.259 e. The first-order valence-electron chi connectivity index (χ1n) is 5.35. The summed E-state index contributed by atoms with van der Waals surface area (Å²) in [6.45, 7) is 8.45. The molecule has 5 heteroatoms. The van der Waals surface area contributed by atoms with Crippen molar-refractivity contribution in [2.45, 2.75) is 27.7 Å². The molecule has 0 saturated carbocycles. The van der Waals surface area contributed by atoms with Crippen LogP contribution in [0, 0.1) is 6.92 Å². The molecule has 0 amide bonds. The number of rotatable bonds is 2. The molecule has 2 aromatic rings. The van der Waals surface area contributed by atoms with Crippen molar-refractivity contribution in [2.24, 2.45) is 0 Å². The van der Waals surface area contributed by atoms with Crippen LogP contribution in [0.3, 0.4) is 0 Å². The molecule has 0 saturated heterocycles. The topological polar surface area (TPSA) is 39.4 Å². The van der Waals surface area contributed by atoms with Crippen LogP contribution in [0.25, 0.3) is 5.65 Å². The SMILES string of the molecule is CC.CCOc1nc(Br)cn2cc(C)nc12. The van der Waals surface area contributed by atoms with Gasteiger partial charge >= 0.3 is 0 Å². The molecular formula is C11H16BrN3O. The van der Waals surface area contributed by atoms with Crippen LogP contribution in [-0.4, -0.2) is 21.0 Å². The standard InChI is InChI=1S/C9H10BrN3O.C2H6/c1-3-14-9-8-11-6(2)4-13(8)5-7(10)12-9;1-2/h4-5H,3H2,1-2H3;1-2H3. The van der Waals surface area contributed by atoms with E-state index < -0.39 is 0 Å². The Labute approximate surface area is 104 Å². The Hall–Kier alpha value is -1.10. The average Bonchev–Trinajstić information content (AvgIpc) is 2.62. The molecule has 2 heterocycles. The molecule has 16 heavy (non-hydrogen) atoms. The normalized spacial score (nSPS) is 9.81. The van der Waals surface area contributed by atoms with Gasteiger partial charge in [0.15, 0.2) is 0 Å². The summed E-state index contributed by atoms with van der Waals surface area (Å²) in [5.74, 6) is 0.565. The lowest BCUT2D eigenvalue weighted by Gasteiger charge is -2.03. The number of aryl methyl sites for hydroxylation is 1. The van der Waals surface area contributed by atoms with Crippen molar-refractivity contribution in [1.29, 1.82) is 0 Å². The first kappa shape index (κ1) is 13.0. The number of hydrogen-bond acceptors (Lipinski definition) is 3. The van der Waals surface area contributed by atoms with Crippen LogP contribution in [0.4, 0.5) is 0 Å². The van der Waals surface area contributed by atoms with E-state index in [0.29, 0.717) is 12.5 Å². The molecule has 0 aromatic carbocycles. The van der Waals surface area contributed by atoms with E-state index in [0.717, 1.165) is 15.9 Å². The number of fused-ring (bicyclic) bond motifs is 1. The second-order valence-corrected chi connectivity index (χ2v) is 3.73. The van der Waals surface area contributed by atoms with E-state index in [1.165, 1.54) is 0 Å². The summed E-state index contributed by atoms with van der Waals surface area (Å²) in [5.41, 5.74) is 1.71. The van der Waals surface area contributed by atoms with Crippen molar-refractivity contribution in [3.8, 4) is 5.88 Å². The van der Waals surface area contributed by atoms with E-state index in [4.69, 9.17) is 4.74 Å². The fraction of sp³-hybridized carbons (Fsp3) is 0.455. The zero-order chi connectivity index (χ0) is 12.1. The Bertz CT molecular complexity index is 467. The molecule has 0 aliphatic heterocycles. The third-order valence-electron chi connectivity index (χ3n) is 1.78. The second kappa shape index (κ2) is 5.84. The van der Waals surface area contributed by atoms with Gasteiger partial charge < -0.3 is 4.74 Å². The van der Waals surface area contributed by atoms with E-state index in [2.05, 4.69) is 25.9 Å². The van der Waals surface area contributed by atoms with E-state index in [1.807, 2.05) is 44.5 Å². The van der Waals surface area contributed by atoms with Crippen LogP contribution in [-0.2, 0) is 0 Å². The third kappa shape index (κ3) is 2.72. The fourth-order valence-electron chi connectivity index (χ4n) is 1.30. The molecule has 0 unspecified atom stereocenters. The minimum atomic E-state index is 0.565. The minimum Gasteiger partial charge on any atom is -0.475 e. The summed E-state index contributed by atoms with van der Waals surface area (Å²) in [6, 6.07) is 0. The van der Waals surface area contributed by atoms with Gasteiger partial charge in [0.1, 0.15) is 4.60 Å². The molecule has 0 fully saturated rings. The third-order valence-corrected chi connectivity index (χ3v) is 2.16. The predicted molar refractivity (Wildman–Crippen MR) is 67.9 cm³/mol. The van der Waals surface area contributed by atoms with Crippen LogP contribution in [0.2, 0.25) is 0 Å². The first-order chi connectivity index (χ1) is 7.70. The molecule has 0 radical (unpaired) electrons. The largest absolute Gasteiger partial charge is 0.475 e. The summed E-state index contributed by atoms with van der Waals surface area (Å²) >= 11 is 3.32. The quantitative estimate of drug-likeness (QED) is 0.851. The van der Waals surface area contributed by atoms with Gasteiger partial charge in [-0.3, -0.25) is 4.40 Å². The Morgan fingerprint density at radius 2 is 2.00 bits per heavy atom. The van der Waals surface area contributed by atoms with Crippen molar-refractivity contribution in [3.05, 3.63) is 22.7 Å². The molecular weight excluding hydrogens is 270 g/mol. The van der Waals surface area contributed by atoms with Gasteiger partial charge in [0.2, 0.25) is 5.65 Å². The van der Waals surface area contributed by atoms with Crippen molar-refractivity contribution in [3.63, 3.8) is 0 Å². The average molecular weight is 286 g/mol. The summed E-state index contributed by atoms with van der Waals surface area (Å²) in [4.78, 5) is 8.54. The summed E-state index contributed by atoms with van der Waals surface area (Å²) < 4.78 is 8.03. The molecule has 0 aliphatic carbocycles. The van der Waals surface area contributed by atoms with Gasteiger partial charge in [0.25, 0.3) is 5.88 Å².